The molecule has 2 rings (SSSR count). The second-order valence-corrected chi connectivity index (χ2v) is 6.15. The lowest BCUT2D eigenvalue weighted by Gasteiger charge is -2.14. The summed E-state index contributed by atoms with van der Waals surface area (Å²) in [5.74, 6) is 0.778. The topological polar surface area (TPSA) is 74.8 Å². The first kappa shape index (κ1) is 20.0. The number of nitrogens with one attached hydrogen (secondary N) is 3. The molecule has 0 fully saturated rings. The normalized spacial score (nSPS) is 14.5. The Kier molecular flexibility index (Phi) is 8.69. The van der Waals surface area contributed by atoms with Gasteiger partial charge < -0.3 is 20.7 Å². The third kappa shape index (κ3) is 6.88. The van der Waals surface area contributed by atoms with Crippen molar-refractivity contribution < 1.29 is 9.53 Å². The molecule has 0 saturated carbocycles. The molecule has 0 bridgehead atoms. The van der Waals surface area contributed by atoms with Crippen molar-refractivity contribution in [2.24, 2.45) is 4.99 Å². The molecule has 6 nitrogen and oxygen atoms in total. The van der Waals surface area contributed by atoms with E-state index in [1.54, 1.807) is 7.05 Å². The zero-order chi connectivity index (χ0) is 18.6. The maximum atomic E-state index is 11.7. The predicted octanol–water partition coefficient (Wildman–Crippen LogP) is 1.88. The summed E-state index contributed by atoms with van der Waals surface area (Å²) >= 11 is 0. The van der Waals surface area contributed by atoms with Crippen molar-refractivity contribution in [3.63, 3.8) is 0 Å². The number of hydrogen-bond donors (Lipinski definition) is 3. The van der Waals surface area contributed by atoms with E-state index in [-0.39, 0.29) is 5.91 Å². The number of hydrogen-bond acceptors (Lipinski definition) is 3. The highest BCUT2D eigenvalue weighted by Crippen LogP contribution is 2.11. The Labute approximate surface area is 156 Å². The molecule has 0 unspecified atom stereocenters. The lowest BCUT2D eigenvalue weighted by Crippen LogP contribution is -2.38. The molecule has 1 aliphatic rings. The molecule has 1 aromatic rings. The van der Waals surface area contributed by atoms with E-state index in [0.29, 0.717) is 5.56 Å². The van der Waals surface area contributed by atoms with Crippen molar-refractivity contribution in [1.82, 2.24) is 16.0 Å². The number of aliphatic imine (C=N–C) groups is 1. The SMILES string of the molecule is CCNC(=NCCC1=CCOCC1)NCCc1cccc(C(=O)NC)c1. The van der Waals surface area contributed by atoms with Gasteiger partial charge in [-0.25, -0.2) is 0 Å². The van der Waals surface area contributed by atoms with E-state index in [9.17, 15) is 4.79 Å². The van der Waals surface area contributed by atoms with Gasteiger partial charge in [0.05, 0.1) is 13.2 Å². The van der Waals surface area contributed by atoms with Gasteiger partial charge in [0.15, 0.2) is 5.96 Å². The first-order valence-corrected chi connectivity index (χ1v) is 9.31. The van der Waals surface area contributed by atoms with Gasteiger partial charge in [-0.1, -0.05) is 23.8 Å². The van der Waals surface area contributed by atoms with Crippen LogP contribution in [0.3, 0.4) is 0 Å². The Morgan fingerprint density at radius 3 is 2.88 bits per heavy atom. The molecule has 0 spiro atoms. The van der Waals surface area contributed by atoms with Gasteiger partial charge in [-0.05, 0) is 43.9 Å². The van der Waals surface area contributed by atoms with Crippen LogP contribution in [0.15, 0.2) is 40.9 Å². The fraction of sp³-hybridized carbons (Fsp3) is 0.500. The van der Waals surface area contributed by atoms with Gasteiger partial charge in [-0.2, -0.15) is 0 Å². The monoisotopic (exact) mass is 358 g/mol. The number of amides is 1. The average molecular weight is 358 g/mol. The molecule has 142 valence electrons. The van der Waals surface area contributed by atoms with Crippen molar-refractivity contribution in [3.05, 3.63) is 47.0 Å². The molecule has 1 aliphatic heterocycles. The fourth-order valence-electron chi connectivity index (χ4n) is 2.78. The molecule has 3 N–H and O–H groups in total. The van der Waals surface area contributed by atoms with Gasteiger partial charge in [0.1, 0.15) is 0 Å². The largest absolute Gasteiger partial charge is 0.377 e. The smallest absolute Gasteiger partial charge is 0.251 e. The standard InChI is InChI=1S/C20H30N4O2/c1-3-22-20(23-11-7-16-9-13-26-14-10-16)24-12-8-17-5-4-6-18(15-17)19(25)21-2/h4-6,9,15H,3,7-8,10-14H2,1-2H3,(H,21,25)(H2,22,23,24). The van der Waals surface area contributed by atoms with Gasteiger partial charge in [0.2, 0.25) is 0 Å². The summed E-state index contributed by atoms with van der Waals surface area (Å²) in [6.45, 7) is 5.97. The second kappa shape index (κ2) is 11.3. The number of carbonyl (C=O) groups is 1. The van der Waals surface area contributed by atoms with E-state index in [0.717, 1.165) is 63.6 Å². The van der Waals surface area contributed by atoms with Crippen LogP contribution in [0, 0.1) is 0 Å². The van der Waals surface area contributed by atoms with Crippen molar-refractivity contribution in [2.45, 2.75) is 26.2 Å². The maximum Gasteiger partial charge on any atom is 0.251 e. The Morgan fingerprint density at radius 2 is 2.15 bits per heavy atom. The summed E-state index contributed by atoms with van der Waals surface area (Å²) < 4.78 is 5.33. The lowest BCUT2D eigenvalue weighted by atomic mass is 10.1. The van der Waals surface area contributed by atoms with E-state index in [2.05, 4.69) is 33.9 Å². The summed E-state index contributed by atoms with van der Waals surface area (Å²) in [4.78, 5) is 16.4. The van der Waals surface area contributed by atoms with E-state index in [1.807, 2.05) is 24.3 Å². The van der Waals surface area contributed by atoms with E-state index in [1.165, 1.54) is 5.57 Å². The first-order valence-electron chi connectivity index (χ1n) is 9.31. The second-order valence-electron chi connectivity index (χ2n) is 6.15. The molecular weight excluding hydrogens is 328 g/mol. The Bertz CT molecular complexity index is 640. The van der Waals surface area contributed by atoms with Crippen LogP contribution in [0.5, 0.6) is 0 Å². The molecule has 0 aliphatic carbocycles. The zero-order valence-corrected chi connectivity index (χ0v) is 15.8. The highest BCUT2D eigenvalue weighted by molar-refractivity contribution is 5.94. The average Bonchev–Trinajstić information content (AvgIpc) is 2.68. The molecule has 1 amide bonds. The molecule has 1 heterocycles. The zero-order valence-electron chi connectivity index (χ0n) is 15.8. The number of guanidine groups is 1. The fourth-order valence-corrected chi connectivity index (χ4v) is 2.78. The quantitative estimate of drug-likeness (QED) is 0.377. The van der Waals surface area contributed by atoms with Crippen LogP contribution in [0.4, 0.5) is 0 Å². The minimum absolute atomic E-state index is 0.0582. The molecule has 6 heteroatoms. The van der Waals surface area contributed by atoms with Crippen molar-refractivity contribution in [3.8, 4) is 0 Å². The molecule has 26 heavy (non-hydrogen) atoms. The Morgan fingerprint density at radius 1 is 1.27 bits per heavy atom. The highest BCUT2D eigenvalue weighted by Gasteiger charge is 2.05. The van der Waals surface area contributed by atoms with Crippen LogP contribution >= 0.6 is 0 Å². The van der Waals surface area contributed by atoms with Crippen LogP contribution in [0.1, 0.15) is 35.7 Å². The molecule has 0 radical (unpaired) electrons. The summed E-state index contributed by atoms with van der Waals surface area (Å²) in [7, 11) is 1.64. The Hall–Kier alpha value is -2.34. The molecule has 0 aromatic heterocycles. The molecule has 1 aromatic carbocycles. The summed E-state index contributed by atoms with van der Waals surface area (Å²) in [5, 5.41) is 9.29. The molecule has 0 saturated heterocycles. The minimum atomic E-state index is -0.0582. The molecule has 0 atom stereocenters. The van der Waals surface area contributed by atoms with Gasteiger partial charge in [-0.3, -0.25) is 9.79 Å². The third-order valence-corrected chi connectivity index (χ3v) is 4.23. The first-order chi connectivity index (χ1) is 12.7. The maximum absolute atomic E-state index is 11.7. The van der Waals surface area contributed by atoms with Crippen LogP contribution in [-0.2, 0) is 11.2 Å². The number of benzene rings is 1. The molecular formula is C20H30N4O2. The van der Waals surface area contributed by atoms with Crippen LogP contribution in [0.2, 0.25) is 0 Å². The van der Waals surface area contributed by atoms with Gasteiger partial charge >= 0.3 is 0 Å². The van der Waals surface area contributed by atoms with Crippen molar-refractivity contribution >= 4 is 11.9 Å². The summed E-state index contributed by atoms with van der Waals surface area (Å²) in [6, 6.07) is 7.71. The number of rotatable bonds is 8. The number of ether oxygens (including phenoxy) is 1. The lowest BCUT2D eigenvalue weighted by molar-refractivity contribution is 0.0963. The minimum Gasteiger partial charge on any atom is -0.377 e. The number of nitrogens with zero attached hydrogens (tertiary/aromatic N) is 1. The van der Waals surface area contributed by atoms with Gasteiger partial charge in [0, 0.05) is 32.2 Å². The van der Waals surface area contributed by atoms with Crippen LogP contribution in [-0.4, -0.2) is 51.8 Å². The number of carbonyl (C=O) groups excluding carboxylic acids is 1. The van der Waals surface area contributed by atoms with Gasteiger partial charge in [0.25, 0.3) is 5.91 Å². The van der Waals surface area contributed by atoms with Crippen LogP contribution in [0.25, 0.3) is 0 Å². The van der Waals surface area contributed by atoms with E-state index < -0.39 is 0 Å². The van der Waals surface area contributed by atoms with E-state index >= 15 is 0 Å². The Balaban J connectivity index is 1.81. The van der Waals surface area contributed by atoms with Crippen LogP contribution < -0.4 is 16.0 Å². The van der Waals surface area contributed by atoms with Crippen molar-refractivity contribution in [2.75, 3.05) is 39.9 Å². The predicted molar refractivity (Wildman–Crippen MR) is 106 cm³/mol. The summed E-state index contributed by atoms with van der Waals surface area (Å²) in [6.07, 6.45) is 4.99. The highest BCUT2D eigenvalue weighted by atomic mass is 16.5. The summed E-state index contributed by atoms with van der Waals surface area (Å²) in [5.41, 5.74) is 3.25. The van der Waals surface area contributed by atoms with Crippen molar-refractivity contribution in [1.29, 1.82) is 0 Å². The third-order valence-electron chi connectivity index (χ3n) is 4.23. The van der Waals surface area contributed by atoms with Gasteiger partial charge in [-0.15, -0.1) is 0 Å². The van der Waals surface area contributed by atoms with E-state index in [4.69, 9.17) is 4.74 Å².